The topological polar surface area (TPSA) is 43.8 Å². The van der Waals surface area contributed by atoms with Crippen LogP contribution in [0.2, 0.25) is 0 Å². The minimum Gasteiger partial charge on any atom is -0.478 e. The van der Waals surface area contributed by atoms with Crippen LogP contribution in [0, 0.1) is 0 Å². The summed E-state index contributed by atoms with van der Waals surface area (Å²) in [6, 6.07) is 3.31. The molecule has 0 bridgehead atoms. The van der Waals surface area contributed by atoms with Crippen LogP contribution in [0.5, 0.6) is 0 Å². The Morgan fingerprint density at radius 3 is 2.33 bits per heavy atom. The standard InChI is InChI=1S/C14H17F3N2O2/c1-2-18-5-7-19(8-6-18)10-3-4-12(14(15,16)17)11(9-10)13(20)21/h3-4,9H,2,5-8H2,1H3,(H,20,21). The fourth-order valence-electron chi connectivity index (χ4n) is 2.48. The number of carbonyl (C=O) groups is 1. The van der Waals surface area contributed by atoms with Gasteiger partial charge in [-0.1, -0.05) is 6.92 Å². The average molecular weight is 302 g/mol. The lowest BCUT2D eigenvalue weighted by Crippen LogP contribution is -2.46. The van der Waals surface area contributed by atoms with Crippen LogP contribution in [-0.2, 0) is 6.18 Å². The van der Waals surface area contributed by atoms with E-state index in [0.29, 0.717) is 18.8 Å². The number of alkyl halides is 3. The summed E-state index contributed by atoms with van der Waals surface area (Å²) in [4.78, 5) is 15.2. The molecular formula is C14H17F3N2O2. The van der Waals surface area contributed by atoms with E-state index in [1.165, 1.54) is 6.07 Å². The van der Waals surface area contributed by atoms with Crippen molar-refractivity contribution in [3.8, 4) is 0 Å². The van der Waals surface area contributed by atoms with Crippen molar-refractivity contribution < 1.29 is 23.1 Å². The van der Waals surface area contributed by atoms with Gasteiger partial charge >= 0.3 is 12.1 Å². The highest BCUT2D eigenvalue weighted by atomic mass is 19.4. The predicted octanol–water partition coefficient (Wildman–Crippen LogP) is 2.55. The molecule has 1 fully saturated rings. The molecule has 1 aromatic rings. The van der Waals surface area contributed by atoms with E-state index in [1.807, 2.05) is 4.90 Å². The number of carboxylic acid groups (broad SMARTS) is 1. The Morgan fingerprint density at radius 1 is 1.24 bits per heavy atom. The Morgan fingerprint density at radius 2 is 1.86 bits per heavy atom. The lowest BCUT2D eigenvalue weighted by molar-refractivity contribution is -0.138. The molecule has 7 heteroatoms. The number of hydrogen-bond donors (Lipinski definition) is 1. The minimum absolute atomic E-state index is 0.524. The molecule has 0 aromatic heterocycles. The van der Waals surface area contributed by atoms with E-state index in [-0.39, 0.29) is 0 Å². The van der Waals surface area contributed by atoms with Gasteiger partial charge in [0.15, 0.2) is 0 Å². The van der Waals surface area contributed by atoms with Crippen molar-refractivity contribution in [3.63, 3.8) is 0 Å². The number of rotatable bonds is 3. The van der Waals surface area contributed by atoms with Crippen molar-refractivity contribution in [1.29, 1.82) is 0 Å². The molecule has 116 valence electrons. The number of halogens is 3. The van der Waals surface area contributed by atoms with Gasteiger partial charge in [-0.05, 0) is 24.7 Å². The lowest BCUT2D eigenvalue weighted by atomic mass is 10.1. The van der Waals surface area contributed by atoms with Gasteiger partial charge < -0.3 is 14.9 Å². The summed E-state index contributed by atoms with van der Waals surface area (Å²) in [5.74, 6) is -1.56. The van der Waals surface area contributed by atoms with Gasteiger partial charge in [0.05, 0.1) is 11.1 Å². The highest BCUT2D eigenvalue weighted by Crippen LogP contribution is 2.34. The molecule has 0 atom stereocenters. The average Bonchev–Trinajstić information content (AvgIpc) is 2.45. The molecule has 0 unspecified atom stereocenters. The van der Waals surface area contributed by atoms with Crippen molar-refractivity contribution in [3.05, 3.63) is 29.3 Å². The van der Waals surface area contributed by atoms with Gasteiger partial charge in [0, 0.05) is 31.9 Å². The number of carboxylic acids is 1. The minimum atomic E-state index is -4.66. The van der Waals surface area contributed by atoms with E-state index >= 15 is 0 Å². The van der Waals surface area contributed by atoms with E-state index in [9.17, 15) is 18.0 Å². The molecule has 0 radical (unpaired) electrons. The molecule has 1 aliphatic rings. The van der Waals surface area contributed by atoms with Crippen molar-refractivity contribution in [1.82, 2.24) is 4.90 Å². The highest BCUT2D eigenvalue weighted by molar-refractivity contribution is 5.91. The summed E-state index contributed by atoms with van der Waals surface area (Å²) in [5, 5.41) is 9.01. The summed E-state index contributed by atoms with van der Waals surface area (Å²) >= 11 is 0. The first kappa shape index (κ1) is 15.6. The van der Waals surface area contributed by atoms with Gasteiger partial charge in [-0.3, -0.25) is 0 Å². The lowest BCUT2D eigenvalue weighted by Gasteiger charge is -2.35. The molecule has 1 aliphatic heterocycles. The van der Waals surface area contributed by atoms with E-state index < -0.39 is 23.3 Å². The Bertz CT molecular complexity index is 523. The predicted molar refractivity (Wildman–Crippen MR) is 72.7 cm³/mol. The van der Waals surface area contributed by atoms with Crippen LogP contribution in [0.4, 0.5) is 18.9 Å². The molecule has 0 aliphatic carbocycles. The Balaban J connectivity index is 2.27. The quantitative estimate of drug-likeness (QED) is 0.932. The Labute approximate surface area is 120 Å². The molecule has 1 saturated heterocycles. The third kappa shape index (κ3) is 3.47. The number of benzene rings is 1. The number of likely N-dealkylation sites (N-methyl/N-ethyl adjacent to an activating group) is 1. The van der Waals surface area contributed by atoms with Crippen LogP contribution in [0.25, 0.3) is 0 Å². The second-order valence-electron chi connectivity index (χ2n) is 4.95. The Kier molecular flexibility index (Phi) is 4.41. The van der Waals surface area contributed by atoms with Gasteiger partial charge in [-0.2, -0.15) is 13.2 Å². The molecule has 0 saturated carbocycles. The van der Waals surface area contributed by atoms with Crippen molar-refractivity contribution in [2.45, 2.75) is 13.1 Å². The van der Waals surface area contributed by atoms with Crippen molar-refractivity contribution in [2.75, 3.05) is 37.6 Å². The second kappa shape index (κ2) is 5.93. The molecule has 2 rings (SSSR count). The van der Waals surface area contributed by atoms with Gasteiger partial charge in [0.1, 0.15) is 0 Å². The smallest absolute Gasteiger partial charge is 0.417 e. The summed E-state index contributed by atoms with van der Waals surface area (Å²) in [6.07, 6.45) is -4.66. The van der Waals surface area contributed by atoms with Crippen LogP contribution in [-0.4, -0.2) is 48.7 Å². The summed E-state index contributed by atoms with van der Waals surface area (Å²) in [6.45, 7) is 5.98. The second-order valence-corrected chi connectivity index (χ2v) is 4.95. The van der Waals surface area contributed by atoms with E-state index in [4.69, 9.17) is 5.11 Å². The first-order valence-electron chi connectivity index (χ1n) is 6.74. The maximum atomic E-state index is 12.8. The van der Waals surface area contributed by atoms with Crippen LogP contribution < -0.4 is 4.90 Å². The SMILES string of the molecule is CCN1CCN(c2ccc(C(F)(F)F)c(C(=O)O)c2)CC1. The molecule has 4 nitrogen and oxygen atoms in total. The van der Waals surface area contributed by atoms with Crippen LogP contribution in [0.3, 0.4) is 0 Å². The molecule has 0 amide bonds. The number of nitrogens with zero attached hydrogens (tertiary/aromatic N) is 2. The van der Waals surface area contributed by atoms with E-state index in [0.717, 1.165) is 31.8 Å². The molecule has 0 spiro atoms. The molecule has 1 heterocycles. The Hall–Kier alpha value is -1.76. The zero-order valence-corrected chi connectivity index (χ0v) is 11.7. The van der Waals surface area contributed by atoms with Gasteiger partial charge in [0.25, 0.3) is 0 Å². The molecule has 21 heavy (non-hydrogen) atoms. The molecular weight excluding hydrogens is 285 g/mol. The fraction of sp³-hybridized carbons (Fsp3) is 0.500. The van der Waals surface area contributed by atoms with Crippen molar-refractivity contribution >= 4 is 11.7 Å². The first-order valence-corrected chi connectivity index (χ1v) is 6.74. The van der Waals surface area contributed by atoms with Gasteiger partial charge in [-0.15, -0.1) is 0 Å². The van der Waals surface area contributed by atoms with Crippen LogP contribution in [0.15, 0.2) is 18.2 Å². The largest absolute Gasteiger partial charge is 0.478 e. The number of anilines is 1. The molecule has 1 N–H and O–H groups in total. The summed E-state index contributed by atoms with van der Waals surface area (Å²) < 4.78 is 38.4. The fourth-order valence-corrected chi connectivity index (χ4v) is 2.48. The third-order valence-corrected chi connectivity index (χ3v) is 3.72. The number of aromatic carboxylic acids is 1. The van der Waals surface area contributed by atoms with Crippen LogP contribution >= 0.6 is 0 Å². The van der Waals surface area contributed by atoms with Crippen molar-refractivity contribution in [2.24, 2.45) is 0 Å². The van der Waals surface area contributed by atoms with Gasteiger partial charge in [0.2, 0.25) is 0 Å². The van der Waals surface area contributed by atoms with E-state index in [2.05, 4.69) is 11.8 Å². The maximum absolute atomic E-state index is 12.8. The number of hydrogen-bond acceptors (Lipinski definition) is 3. The third-order valence-electron chi connectivity index (χ3n) is 3.72. The van der Waals surface area contributed by atoms with E-state index in [1.54, 1.807) is 0 Å². The first-order chi connectivity index (χ1) is 9.82. The summed E-state index contributed by atoms with van der Waals surface area (Å²) in [5.41, 5.74) is -1.28. The van der Waals surface area contributed by atoms with Gasteiger partial charge in [-0.25, -0.2) is 4.79 Å². The highest BCUT2D eigenvalue weighted by Gasteiger charge is 2.35. The number of piperazine rings is 1. The van der Waals surface area contributed by atoms with Crippen LogP contribution in [0.1, 0.15) is 22.8 Å². The normalized spacial score (nSPS) is 17.0. The molecule has 1 aromatic carbocycles. The maximum Gasteiger partial charge on any atom is 0.417 e. The summed E-state index contributed by atoms with van der Waals surface area (Å²) in [7, 11) is 0. The zero-order chi connectivity index (χ0) is 15.6. The monoisotopic (exact) mass is 302 g/mol. The zero-order valence-electron chi connectivity index (χ0n) is 11.7.